The molecule has 2 aliphatic rings. The standard InChI is InChI=1S/C26H14F6N4/c27-25(28,29)20-11-14-15-12-21(26(30,31)32)19(23-6-2-4-8-35-23)10-17(15)24(36-13-33)16(14)9-18(20)22-5-1-3-7-34-22/h1-5,7-12,23H,6H2/b36-24+. The van der Waals surface area contributed by atoms with E-state index in [1.165, 1.54) is 36.7 Å². The van der Waals surface area contributed by atoms with Gasteiger partial charge in [0.05, 0.1) is 28.6 Å². The van der Waals surface area contributed by atoms with E-state index >= 15 is 0 Å². The van der Waals surface area contributed by atoms with Gasteiger partial charge in [0.25, 0.3) is 0 Å². The molecule has 2 heterocycles. The lowest BCUT2D eigenvalue weighted by molar-refractivity contribution is -0.138. The van der Waals surface area contributed by atoms with E-state index in [-0.39, 0.29) is 51.2 Å². The maximum Gasteiger partial charge on any atom is 0.417 e. The van der Waals surface area contributed by atoms with E-state index < -0.39 is 29.5 Å². The van der Waals surface area contributed by atoms with E-state index in [4.69, 9.17) is 0 Å². The number of pyridine rings is 1. The Kier molecular flexibility index (Phi) is 5.51. The summed E-state index contributed by atoms with van der Waals surface area (Å²) in [5.41, 5.74) is -2.32. The molecule has 0 bridgehead atoms. The predicted molar refractivity (Wildman–Crippen MR) is 121 cm³/mol. The summed E-state index contributed by atoms with van der Waals surface area (Å²) in [7, 11) is 0. The number of rotatable bonds is 2. The van der Waals surface area contributed by atoms with Crippen LogP contribution in [0.4, 0.5) is 26.3 Å². The molecule has 0 N–H and O–H groups in total. The highest BCUT2D eigenvalue weighted by molar-refractivity contribution is 6.25. The number of aromatic nitrogens is 1. The van der Waals surface area contributed by atoms with Crippen molar-refractivity contribution in [3.05, 3.63) is 88.6 Å². The molecule has 1 aliphatic heterocycles. The molecule has 1 unspecified atom stereocenters. The van der Waals surface area contributed by atoms with Crippen molar-refractivity contribution in [2.24, 2.45) is 9.98 Å². The minimum absolute atomic E-state index is 0.00119. The summed E-state index contributed by atoms with van der Waals surface area (Å²) in [6.07, 6.45) is -1.71. The Morgan fingerprint density at radius 1 is 0.861 bits per heavy atom. The minimum Gasteiger partial charge on any atom is -0.285 e. The van der Waals surface area contributed by atoms with E-state index in [1.807, 2.05) is 0 Å². The zero-order valence-corrected chi connectivity index (χ0v) is 18.2. The monoisotopic (exact) mass is 496 g/mol. The molecule has 1 aliphatic carbocycles. The van der Waals surface area contributed by atoms with Gasteiger partial charge in [-0.05, 0) is 65.6 Å². The summed E-state index contributed by atoms with van der Waals surface area (Å²) in [6, 6.07) is 7.69. The number of benzene rings is 2. The highest BCUT2D eigenvalue weighted by atomic mass is 19.4. The lowest BCUT2D eigenvalue weighted by Crippen LogP contribution is -2.13. The summed E-state index contributed by atoms with van der Waals surface area (Å²) in [5.74, 6) is 0. The number of nitrogens with zero attached hydrogens (tertiary/aromatic N) is 4. The molecular formula is C26H14F6N4. The van der Waals surface area contributed by atoms with Gasteiger partial charge >= 0.3 is 12.4 Å². The second-order valence-corrected chi connectivity index (χ2v) is 8.18. The van der Waals surface area contributed by atoms with E-state index in [0.717, 1.165) is 12.1 Å². The lowest BCUT2D eigenvalue weighted by atomic mass is 9.91. The molecule has 5 rings (SSSR count). The van der Waals surface area contributed by atoms with Crippen molar-refractivity contribution in [2.75, 3.05) is 0 Å². The SMILES string of the molecule is N#C/N=C1\c2cc(-c3ccccn3)c(C(F)(F)F)cc2-c2cc(C(F)(F)F)c(C3CC=CC=N3)cc21. The van der Waals surface area contributed by atoms with Crippen LogP contribution in [-0.2, 0) is 12.4 Å². The van der Waals surface area contributed by atoms with Crippen LogP contribution < -0.4 is 0 Å². The van der Waals surface area contributed by atoms with Crippen molar-refractivity contribution in [3.63, 3.8) is 0 Å². The van der Waals surface area contributed by atoms with Crippen molar-refractivity contribution in [2.45, 2.75) is 24.8 Å². The van der Waals surface area contributed by atoms with E-state index in [9.17, 15) is 31.6 Å². The number of hydrogen-bond donors (Lipinski definition) is 0. The van der Waals surface area contributed by atoms with E-state index in [0.29, 0.717) is 0 Å². The van der Waals surface area contributed by atoms with Crippen LogP contribution >= 0.6 is 0 Å². The first-order valence-corrected chi connectivity index (χ1v) is 10.7. The summed E-state index contributed by atoms with van der Waals surface area (Å²) in [6.45, 7) is 0. The number of halogens is 6. The van der Waals surface area contributed by atoms with Gasteiger partial charge in [0.2, 0.25) is 6.19 Å². The smallest absolute Gasteiger partial charge is 0.285 e. The molecule has 0 amide bonds. The number of alkyl halides is 6. The Balaban J connectivity index is 1.82. The van der Waals surface area contributed by atoms with Gasteiger partial charge in [0, 0.05) is 29.1 Å². The van der Waals surface area contributed by atoms with Crippen LogP contribution in [0.5, 0.6) is 0 Å². The van der Waals surface area contributed by atoms with Gasteiger partial charge in [-0.15, -0.1) is 0 Å². The fourth-order valence-electron chi connectivity index (χ4n) is 4.55. The summed E-state index contributed by atoms with van der Waals surface area (Å²) in [4.78, 5) is 12.0. The van der Waals surface area contributed by atoms with Crippen LogP contribution in [0.1, 0.15) is 40.3 Å². The summed E-state index contributed by atoms with van der Waals surface area (Å²) >= 11 is 0. The number of nitriles is 1. The van der Waals surface area contributed by atoms with Gasteiger partial charge in [-0.1, -0.05) is 12.1 Å². The molecule has 36 heavy (non-hydrogen) atoms. The van der Waals surface area contributed by atoms with Crippen LogP contribution in [-0.4, -0.2) is 16.9 Å². The molecule has 0 fully saturated rings. The minimum atomic E-state index is -4.81. The van der Waals surface area contributed by atoms with Crippen molar-refractivity contribution >= 4 is 11.9 Å². The fourth-order valence-corrected chi connectivity index (χ4v) is 4.55. The van der Waals surface area contributed by atoms with Crippen LogP contribution in [0.25, 0.3) is 22.4 Å². The molecule has 1 aromatic heterocycles. The van der Waals surface area contributed by atoms with Crippen LogP contribution in [0, 0.1) is 11.5 Å². The predicted octanol–water partition coefficient (Wildman–Crippen LogP) is 7.16. The average Bonchev–Trinajstić information content (AvgIpc) is 3.15. The van der Waals surface area contributed by atoms with Crippen molar-refractivity contribution in [1.82, 2.24) is 4.98 Å². The third kappa shape index (κ3) is 3.96. The maximum atomic E-state index is 14.1. The number of dihydropyridines is 1. The summed E-state index contributed by atoms with van der Waals surface area (Å²) < 4.78 is 84.6. The van der Waals surface area contributed by atoms with Gasteiger partial charge in [-0.2, -0.15) is 36.6 Å². The molecule has 0 saturated carbocycles. The van der Waals surface area contributed by atoms with Gasteiger partial charge < -0.3 is 0 Å². The highest BCUT2D eigenvalue weighted by Crippen LogP contribution is 2.48. The second-order valence-electron chi connectivity index (χ2n) is 8.18. The summed E-state index contributed by atoms with van der Waals surface area (Å²) in [5, 5.41) is 9.31. The lowest BCUT2D eigenvalue weighted by Gasteiger charge is -2.21. The van der Waals surface area contributed by atoms with Gasteiger partial charge in [-0.3, -0.25) is 9.98 Å². The molecule has 180 valence electrons. The molecule has 0 saturated heterocycles. The molecule has 2 aromatic carbocycles. The van der Waals surface area contributed by atoms with Gasteiger partial charge in [0.1, 0.15) is 0 Å². The first-order valence-electron chi connectivity index (χ1n) is 10.7. The molecule has 0 radical (unpaired) electrons. The number of allylic oxidation sites excluding steroid dienone is 1. The number of hydrogen-bond acceptors (Lipinski definition) is 4. The van der Waals surface area contributed by atoms with Gasteiger partial charge in [0.15, 0.2) is 0 Å². The van der Waals surface area contributed by atoms with Crippen molar-refractivity contribution in [3.8, 4) is 28.6 Å². The second kappa shape index (κ2) is 8.45. The number of aliphatic imine (C=N–C) groups is 2. The highest BCUT2D eigenvalue weighted by Gasteiger charge is 2.41. The fraction of sp³-hybridized carbons (Fsp3) is 0.154. The largest absolute Gasteiger partial charge is 0.417 e. The average molecular weight is 496 g/mol. The quantitative estimate of drug-likeness (QED) is 0.218. The zero-order chi connectivity index (χ0) is 25.7. The van der Waals surface area contributed by atoms with E-state index in [1.54, 1.807) is 24.4 Å². The Morgan fingerprint density at radius 2 is 1.56 bits per heavy atom. The Labute approximate surface area is 201 Å². The van der Waals surface area contributed by atoms with Crippen molar-refractivity contribution in [1.29, 1.82) is 5.26 Å². The van der Waals surface area contributed by atoms with Crippen LogP contribution in [0.3, 0.4) is 0 Å². The first kappa shape index (κ1) is 23.5. The zero-order valence-electron chi connectivity index (χ0n) is 18.2. The van der Waals surface area contributed by atoms with Crippen LogP contribution in [0.2, 0.25) is 0 Å². The van der Waals surface area contributed by atoms with Gasteiger partial charge in [-0.25, -0.2) is 0 Å². The molecule has 4 nitrogen and oxygen atoms in total. The first-order chi connectivity index (χ1) is 17.1. The van der Waals surface area contributed by atoms with Crippen molar-refractivity contribution < 1.29 is 26.3 Å². The Bertz CT molecular complexity index is 1490. The third-order valence-electron chi connectivity index (χ3n) is 6.07. The molecular weight excluding hydrogens is 482 g/mol. The molecule has 3 aromatic rings. The third-order valence-corrected chi connectivity index (χ3v) is 6.07. The Morgan fingerprint density at radius 3 is 2.14 bits per heavy atom. The molecule has 1 atom stereocenters. The topological polar surface area (TPSA) is 61.4 Å². The molecule has 0 spiro atoms. The number of fused-ring (bicyclic) bond motifs is 3. The normalized spacial score (nSPS) is 17.7. The molecule has 10 heteroatoms. The Hall–Kier alpha value is -4.26. The maximum absolute atomic E-state index is 14.1. The van der Waals surface area contributed by atoms with E-state index in [2.05, 4.69) is 15.0 Å². The van der Waals surface area contributed by atoms with Crippen LogP contribution in [0.15, 0.2) is 70.8 Å².